The zero-order valence-electron chi connectivity index (χ0n) is 17.2. The van der Waals surface area contributed by atoms with Crippen molar-refractivity contribution in [2.75, 3.05) is 19.6 Å². The van der Waals surface area contributed by atoms with Gasteiger partial charge < -0.3 is 5.32 Å². The predicted molar refractivity (Wildman–Crippen MR) is 107 cm³/mol. The van der Waals surface area contributed by atoms with E-state index in [1.54, 1.807) is 4.68 Å². The summed E-state index contributed by atoms with van der Waals surface area (Å²) in [6.45, 7) is 4.10. The molecule has 30 heavy (non-hydrogen) atoms. The van der Waals surface area contributed by atoms with Crippen LogP contribution in [0, 0.1) is 5.92 Å². The molecule has 2 unspecified atom stereocenters. The van der Waals surface area contributed by atoms with Crippen molar-refractivity contribution < 1.29 is 18.0 Å². The minimum atomic E-state index is -4.39. The smallest absolute Gasteiger partial charge is 0.352 e. The van der Waals surface area contributed by atoms with Crippen LogP contribution in [0.4, 0.5) is 13.2 Å². The Morgan fingerprint density at radius 3 is 2.60 bits per heavy atom. The molecular formula is C21H28F3N5O. The quantitative estimate of drug-likeness (QED) is 0.813. The van der Waals surface area contributed by atoms with Gasteiger partial charge in [0.25, 0.3) is 0 Å². The first-order chi connectivity index (χ1) is 14.3. The summed E-state index contributed by atoms with van der Waals surface area (Å²) in [5, 5.41) is 11.3. The zero-order valence-corrected chi connectivity index (χ0v) is 17.2. The van der Waals surface area contributed by atoms with E-state index in [9.17, 15) is 18.0 Å². The number of fused-ring (bicyclic) bond motifs is 1. The van der Waals surface area contributed by atoms with Gasteiger partial charge in [-0.1, -0.05) is 25.0 Å². The second-order valence-corrected chi connectivity index (χ2v) is 8.68. The highest BCUT2D eigenvalue weighted by Crippen LogP contribution is 2.32. The molecule has 6 nitrogen and oxygen atoms in total. The van der Waals surface area contributed by atoms with E-state index in [1.807, 2.05) is 0 Å². The van der Waals surface area contributed by atoms with Gasteiger partial charge in [0.15, 0.2) is 0 Å². The van der Waals surface area contributed by atoms with E-state index >= 15 is 0 Å². The summed E-state index contributed by atoms with van der Waals surface area (Å²) in [6, 6.07) is 3.93. The average molecular weight is 423 g/mol. The third-order valence-corrected chi connectivity index (χ3v) is 6.53. The zero-order chi connectivity index (χ0) is 21.3. The number of benzene rings is 1. The number of alkyl halides is 3. The predicted octanol–water partition coefficient (Wildman–Crippen LogP) is 3.78. The maximum absolute atomic E-state index is 12.9. The Kier molecular flexibility index (Phi) is 5.99. The van der Waals surface area contributed by atoms with Gasteiger partial charge in [0.1, 0.15) is 5.52 Å². The number of likely N-dealkylation sites (tertiary alicyclic amines) is 1. The minimum Gasteiger partial charge on any atom is -0.352 e. The molecule has 164 valence electrons. The number of nitrogens with zero attached hydrogens (tertiary/aromatic N) is 4. The average Bonchev–Trinajstić information content (AvgIpc) is 3.13. The van der Waals surface area contributed by atoms with Crippen LogP contribution in [0.1, 0.15) is 57.1 Å². The first kappa shape index (κ1) is 21.1. The molecule has 1 aliphatic heterocycles. The number of rotatable bonds is 4. The Hall–Kier alpha value is -2.16. The molecule has 1 aromatic carbocycles. The highest BCUT2D eigenvalue weighted by Gasteiger charge is 2.32. The van der Waals surface area contributed by atoms with Gasteiger partial charge in [-0.25, -0.2) is 4.68 Å². The van der Waals surface area contributed by atoms with E-state index in [4.69, 9.17) is 0 Å². The summed E-state index contributed by atoms with van der Waals surface area (Å²) in [4.78, 5) is 14.6. The third-order valence-electron chi connectivity index (χ3n) is 6.53. The number of piperidine rings is 1. The number of nitrogens with one attached hydrogen (secondary N) is 1. The summed E-state index contributed by atoms with van der Waals surface area (Å²) in [5.74, 6) is 0.616. The fourth-order valence-corrected chi connectivity index (χ4v) is 4.70. The molecule has 2 aromatic rings. The van der Waals surface area contributed by atoms with Crippen molar-refractivity contribution in [1.82, 2.24) is 25.2 Å². The first-order valence-electron chi connectivity index (χ1n) is 10.7. The van der Waals surface area contributed by atoms with Gasteiger partial charge in [0, 0.05) is 19.1 Å². The van der Waals surface area contributed by atoms with E-state index in [0.717, 1.165) is 44.5 Å². The standard InChI is InChI=1S/C21H28F3N5O/c1-14-4-2-3-5-17(14)25-20(30)13-28-10-8-16(9-11-28)29-19-7-6-15(21(22,23)24)12-18(19)26-27-29/h6-7,12,14,16-17H,2-5,8-11,13H2,1H3,(H,25,30). The molecule has 2 fully saturated rings. The van der Waals surface area contributed by atoms with Crippen molar-refractivity contribution in [3.63, 3.8) is 0 Å². The molecule has 1 aliphatic carbocycles. The molecule has 2 atom stereocenters. The summed E-state index contributed by atoms with van der Waals surface area (Å²) < 4.78 is 40.4. The van der Waals surface area contributed by atoms with Gasteiger partial charge >= 0.3 is 6.18 Å². The lowest BCUT2D eigenvalue weighted by molar-refractivity contribution is -0.137. The van der Waals surface area contributed by atoms with Crippen molar-refractivity contribution in [3.05, 3.63) is 23.8 Å². The Morgan fingerprint density at radius 1 is 1.17 bits per heavy atom. The number of hydrogen-bond acceptors (Lipinski definition) is 4. The van der Waals surface area contributed by atoms with Gasteiger partial charge in [0.05, 0.1) is 23.7 Å². The fourth-order valence-electron chi connectivity index (χ4n) is 4.70. The first-order valence-corrected chi connectivity index (χ1v) is 10.7. The van der Waals surface area contributed by atoms with Crippen molar-refractivity contribution in [1.29, 1.82) is 0 Å². The van der Waals surface area contributed by atoms with Crippen molar-refractivity contribution in [2.24, 2.45) is 5.92 Å². The summed E-state index contributed by atoms with van der Waals surface area (Å²) in [6.07, 6.45) is 1.84. The highest BCUT2D eigenvalue weighted by atomic mass is 19.4. The molecule has 1 N–H and O–H groups in total. The molecule has 0 bridgehead atoms. The van der Waals surface area contributed by atoms with E-state index in [0.29, 0.717) is 18.0 Å². The number of carbonyl (C=O) groups excluding carboxylic acids is 1. The van der Waals surface area contributed by atoms with Crippen LogP contribution in [0.2, 0.25) is 0 Å². The van der Waals surface area contributed by atoms with Crippen LogP contribution >= 0.6 is 0 Å². The Bertz CT molecular complexity index is 888. The maximum Gasteiger partial charge on any atom is 0.416 e. The van der Waals surface area contributed by atoms with Gasteiger partial charge in [-0.05, 0) is 49.8 Å². The largest absolute Gasteiger partial charge is 0.416 e. The summed E-state index contributed by atoms with van der Waals surface area (Å²) in [5.41, 5.74) is 0.161. The molecule has 1 aromatic heterocycles. The van der Waals surface area contributed by atoms with Crippen LogP contribution in [-0.2, 0) is 11.0 Å². The second kappa shape index (κ2) is 8.53. The molecule has 0 radical (unpaired) electrons. The molecule has 1 amide bonds. The molecule has 1 saturated carbocycles. The van der Waals surface area contributed by atoms with Crippen LogP contribution in [0.15, 0.2) is 18.2 Å². The number of carbonyl (C=O) groups is 1. The van der Waals surface area contributed by atoms with Gasteiger partial charge in [-0.3, -0.25) is 9.69 Å². The molecule has 4 rings (SSSR count). The molecular weight excluding hydrogens is 395 g/mol. The van der Waals surface area contributed by atoms with Crippen LogP contribution in [0.5, 0.6) is 0 Å². The Morgan fingerprint density at radius 2 is 1.90 bits per heavy atom. The van der Waals surface area contributed by atoms with E-state index in [1.165, 1.54) is 25.3 Å². The number of halogens is 3. The van der Waals surface area contributed by atoms with E-state index in [-0.39, 0.29) is 23.5 Å². The monoisotopic (exact) mass is 423 g/mol. The molecule has 0 spiro atoms. The van der Waals surface area contributed by atoms with E-state index < -0.39 is 11.7 Å². The number of hydrogen-bond donors (Lipinski definition) is 1. The van der Waals surface area contributed by atoms with Crippen molar-refractivity contribution >= 4 is 16.9 Å². The topological polar surface area (TPSA) is 63.1 Å². The SMILES string of the molecule is CC1CCCCC1NC(=O)CN1CCC(n2nnc3cc(C(F)(F)F)ccc32)CC1. The van der Waals surface area contributed by atoms with Crippen molar-refractivity contribution in [2.45, 2.75) is 63.7 Å². The Labute approximate surface area is 173 Å². The molecule has 2 aliphatic rings. The lowest BCUT2D eigenvalue weighted by Gasteiger charge is -2.33. The molecule has 9 heteroatoms. The van der Waals surface area contributed by atoms with Gasteiger partial charge in [-0.2, -0.15) is 13.2 Å². The van der Waals surface area contributed by atoms with Gasteiger partial charge in [0.2, 0.25) is 5.91 Å². The summed E-state index contributed by atoms with van der Waals surface area (Å²) >= 11 is 0. The number of aromatic nitrogens is 3. The molecule has 1 saturated heterocycles. The normalized spacial score (nSPS) is 24.3. The maximum atomic E-state index is 12.9. The van der Waals surface area contributed by atoms with Crippen LogP contribution in [0.3, 0.4) is 0 Å². The number of amides is 1. The lowest BCUT2D eigenvalue weighted by atomic mass is 9.86. The minimum absolute atomic E-state index is 0.0735. The van der Waals surface area contributed by atoms with Crippen LogP contribution in [-0.4, -0.2) is 51.5 Å². The highest BCUT2D eigenvalue weighted by molar-refractivity contribution is 5.78. The fraction of sp³-hybridized carbons (Fsp3) is 0.667. The lowest BCUT2D eigenvalue weighted by Crippen LogP contribution is -2.47. The van der Waals surface area contributed by atoms with Crippen molar-refractivity contribution in [3.8, 4) is 0 Å². The van der Waals surface area contributed by atoms with Crippen LogP contribution < -0.4 is 5.32 Å². The second-order valence-electron chi connectivity index (χ2n) is 8.68. The van der Waals surface area contributed by atoms with Gasteiger partial charge in [-0.15, -0.1) is 5.10 Å². The third kappa shape index (κ3) is 4.61. The molecule has 2 heterocycles. The summed E-state index contributed by atoms with van der Waals surface area (Å²) in [7, 11) is 0. The Balaban J connectivity index is 1.33. The van der Waals surface area contributed by atoms with Crippen LogP contribution in [0.25, 0.3) is 11.0 Å². The van der Waals surface area contributed by atoms with E-state index in [2.05, 4.69) is 27.5 Å².